The first-order valence-electron chi connectivity index (χ1n) is 8.28. The molecule has 26 heavy (non-hydrogen) atoms. The van der Waals surface area contributed by atoms with Gasteiger partial charge in [0.2, 0.25) is 0 Å². The molecule has 2 unspecified atom stereocenters. The molecule has 0 aromatic heterocycles. The fraction of sp³-hybridized carbons (Fsp3) is 0.588. The first kappa shape index (κ1) is 22.9. The van der Waals surface area contributed by atoms with Gasteiger partial charge in [0, 0.05) is 19.6 Å². The number of rotatable bonds is 4. The van der Waals surface area contributed by atoms with Gasteiger partial charge in [-0.2, -0.15) is 13.2 Å². The van der Waals surface area contributed by atoms with Crippen molar-refractivity contribution < 1.29 is 22.0 Å². The Balaban J connectivity index is 0.00000338. The van der Waals surface area contributed by atoms with Gasteiger partial charge in [-0.25, -0.2) is 8.78 Å². The molecule has 0 aliphatic heterocycles. The van der Waals surface area contributed by atoms with Crippen LogP contribution in [0.2, 0.25) is 0 Å². The van der Waals surface area contributed by atoms with Crippen molar-refractivity contribution in [2.75, 3.05) is 13.6 Å². The number of nitrogens with one attached hydrogen (secondary N) is 2. The Hall–Kier alpha value is -1.13. The maximum absolute atomic E-state index is 13.6. The van der Waals surface area contributed by atoms with Crippen molar-refractivity contribution in [2.24, 2.45) is 10.9 Å². The van der Waals surface area contributed by atoms with Gasteiger partial charge in [0.15, 0.2) is 17.6 Å². The van der Waals surface area contributed by atoms with Gasteiger partial charge in [-0.05, 0) is 37.3 Å². The van der Waals surface area contributed by atoms with E-state index in [1.54, 1.807) is 0 Å². The van der Waals surface area contributed by atoms with Gasteiger partial charge in [-0.3, -0.25) is 4.99 Å². The van der Waals surface area contributed by atoms with E-state index in [2.05, 4.69) is 15.6 Å². The second kappa shape index (κ2) is 10.3. The molecule has 2 rings (SSSR count). The third-order valence-electron chi connectivity index (χ3n) is 4.42. The van der Waals surface area contributed by atoms with E-state index >= 15 is 0 Å². The zero-order valence-corrected chi connectivity index (χ0v) is 16.7. The molecule has 0 heterocycles. The monoisotopic (exact) mass is 491 g/mol. The molecule has 3 nitrogen and oxygen atoms in total. The molecule has 0 amide bonds. The number of hydrogen-bond donors (Lipinski definition) is 2. The summed E-state index contributed by atoms with van der Waals surface area (Å²) in [5, 5.41) is 5.93. The summed E-state index contributed by atoms with van der Waals surface area (Å²) >= 11 is 0. The molecule has 0 bridgehead atoms. The van der Waals surface area contributed by atoms with Gasteiger partial charge < -0.3 is 10.6 Å². The zero-order chi connectivity index (χ0) is 18.4. The molecule has 0 spiro atoms. The number of benzene rings is 1. The van der Waals surface area contributed by atoms with Crippen LogP contribution in [0.15, 0.2) is 23.2 Å². The van der Waals surface area contributed by atoms with Crippen LogP contribution in [0.3, 0.4) is 0 Å². The van der Waals surface area contributed by atoms with Crippen molar-refractivity contribution in [2.45, 2.75) is 44.3 Å². The lowest BCUT2D eigenvalue weighted by Crippen LogP contribution is -2.47. The van der Waals surface area contributed by atoms with E-state index in [1.165, 1.54) is 19.2 Å². The topological polar surface area (TPSA) is 36.4 Å². The lowest BCUT2D eigenvalue weighted by Gasteiger charge is -2.31. The molecule has 1 aliphatic carbocycles. The largest absolute Gasteiger partial charge is 0.391 e. The van der Waals surface area contributed by atoms with Gasteiger partial charge in [0.25, 0.3) is 0 Å². The van der Waals surface area contributed by atoms with Crippen molar-refractivity contribution in [1.29, 1.82) is 0 Å². The van der Waals surface area contributed by atoms with Gasteiger partial charge in [-0.1, -0.05) is 18.6 Å². The van der Waals surface area contributed by atoms with E-state index in [4.69, 9.17) is 0 Å². The second-order valence-electron chi connectivity index (χ2n) is 6.21. The molecule has 1 fully saturated rings. The molecule has 1 aromatic carbocycles. The molecule has 2 N–H and O–H groups in total. The number of halogens is 6. The first-order chi connectivity index (χ1) is 11.8. The van der Waals surface area contributed by atoms with E-state index < -0.39 is 23.7 Å². The fourth-order valence-corrected chi connectivity index (χ4v) is 3.06. The lowest BCUT2D eigenvalue weighted by atomic mass is 9.85. The second-order valence-corrected chi connectivity index (χ2v) is 6.21. The summed E-state index contributed by atoms with van der Waals surface area (Å²) in [6.07, 6.45) is -2.61. The Morgan fingerprint density at radius 1 is 1.23 bits per heavy atom. The first-order valence-corrected chi connectivity index (χ1v) is 8.28. The van der Waals surface area contributed by atoms with Crippen molar-refractivity contribution >= 4 is 29.9 Å². The summed E-state index contributed by atoms with van der Waals surface area (Å²) in [5.74, 6) is -2.71. The fourth-order valence-electron chi connectivity index (χ4n) is 3.06. The molecule has 1 aromatic rings. The Morgan fingerprint density at radius 3 is 2.62 bits per heavy atom. The van der Waals surface area contributed by atoms with Crippen molar-refractivity contribution in [3.63, 3.8) is 0 Å². The Kier molecular flexibility index (Phi) is 9.05. The van der Waals surface area contributed by atoms with E-state index in [9.17, 15) is 22.0 Å². The summed E-state index contributed by atoms with van der Waals surface area (Å²) in [5.41, 5.74) is 0.234. The average molecular weight is 491 g/mol. The summed E-state index contributed by atoms with van der Waals surface area (Å²) in [4.78, 5) is 3.99. The van der Waals surface area contributed by atoms with Crippen LogP contribution < -0.4 is 10.6 Å². The minimum Gasteiger partial charge on any atom is -0.356 e. The molecule has 9 heteroatoms. The third kappa shape index (κ3) is 6.55. The van der Waals surface area contributed by atoms with Crippen LogP contribution in [0.1, 0.15) is 31.2 Å². The standard InChI is InChI=1S/C17H22F5N3.HI/c1-23-16(24-9-8-11-4-2-7-14(18)15(11)19)25-13-6-3-5-12(10-13)17(20,21)22;/h2,4,7,12-13H,3,5-6,8-10H2,1H3,(H2,23,24,25);1H. The summed E-state index contributed by atoms with van der Waals surface area (Å²) in [7, 11) is 1.52. The normalized spacial score (nSPS) is 21.1. The van der Waals surface area contributed by atoms with Crippen LogP contribution in [0.4, 0.5) is 22.0 Å². The van der Waals surface area contributed by atoms with Crippen LogP contribution in [0.25, 0.3) is 0 Å². The van der Waals surface area contributed by atoms with E-state index in [1.807, 2.05) is 0 Å². The molecular weight excluding hydrogens is 468 g/mol. The Labute approximate surface area is 166 Å². The van der Waals surface area contributed by atoms with Crippen LogP contribution in [0.5, 0.6) is 0 Å². The molecule has 148 valence electrons. The molecular formula is C17H23F5IN3. The molecule has 1 saturated carbocycles. The quantitative estimate of drug-likeness (QED) is 0.284. The van der Waals surface area contributed by atoms with E-state index in [0.29, 0.717) is 18.8 Å². The molecule has 0 saturated heterocycles. The van der Waals surface area contributed by atoms with E-state index in [-0.39, 0.29) is 61.4 Å². The van der Waals surface area contributed by atoms with Crippen LogP contribution in [-0.2, 0) is 6.42 Å². The van der Waals surface area contributed by atoms with Crippen molar-refractivity contribution in [3.8, 4) is 0 Å². The highest BCUT2D eigenvalue weighted by molar-refractivity contribution is 14.0. The maximum Gasteiger partial charge on any atom is 0.391 e. The Morgan fingerprint density at radius 2 is 1.96 bits per heavy atom. The number of nitrogens with zero attached hydrogens (tertiary/aromatic N) is 1. The summed E-state index contributed by atoms with van der Waals surface area (Å²) in [6.45, 7) is 0.287. The molecule has 2 atom stereocenters. The molecule has 1 aliphatic rings. The summed E-state index contributed by atoms with van der Waals surface area (Å²) < 4.78 is 65.3. The highest BCUT2D eigenvalue weighted by Gasteiger charge is 2.42. The summed E-state index contributed by atoms with van der Waals surface area (Å²) in [6, 6.07) is 3.66. The lowest BCUT2D eigenvalue weighted by molar-refractivity contribution is -0.183. The highest BCUT2D eigenvalue weighted by atomic mass is 127. The van der Waals surface area contributed by atoms with Gasteiger partial charge >= 0.3 is 6.18 Å². The van der Waals surface area contributed by atoms with Crippen molar-refractivity contribution in [3.05, 3.63) is 35.4 Å². The van der Waals surface area contributed by atoms with Gasteiger partial charge in [0.05, 0.1) is 5.92 Å². The van der Waals surface area contributed by atoms with Gasteiger partial charge in [0.1, 0.15) is 0 Å². The smallest absolute Gasteiger partial charge is 0.356 e. The predicted octanol–water partition coefficient (Wildman–Crippen LogP) is 4.41. The Bertz CT molecular complexity index is 607. The number of hydrogen-bond acceptors (Lipinski definition) is 1. The van der Waals surface area contributed by atoms with Crippen LogP contribution in [-0.4, -0.2) is 31.8 Å². The maximum atomic E-state index is 13.6. The predicted molar refractivity (Wildman–Crippen MR) is 102 cm³/mol. The molecule has 0 radical (unpaired) electrons. The third-order valence-corrected chi connectivity index (χ3v) is 4.42. The highest BCUT2D eigenvalue weighted by Crippen LogP contribution is 2.37. The van der Waals surface area contributed by atoms with Crippen LogP contribution >= 0.6 is 24.0 Å². The minimum absolute atomic E-state index is 0. The number of aliphatic imine (C=N–C) groups is 1. The zero-order valence-electron chi connectivity index (χ0n) is 14.4. The van der Waals surface area contributed by atoms with Crippen LogP contribution in [0, 0.1) is 17.6 Å². The van der Waals surface area contributed by atoms with E-state index in [0.717, 1.165) is 6.07 Å². The average Bonchev–Trinajstić information content (AvgIpc) is 2.57. The number of guanidine groups is 1. The SMILES string of the molecule is CN=C(NCCc1cccc(F)c1F)NC1CCCC(C(F)(F)F)C1.I. The van der Waals surface area contributed by atoms with Gasteiger partial charge in [-0.15, -0.1) is 24.0 Å². The van der Waals surface area contributed by atoms with Crippen molar-refractivity contribution in [1.82, 2.24) is 10.6 Å². The number of alkyl halides is 3. The minimum atomic E-state index is -4.17.